The molecule has 1 saturated heterocycles. The molecule has 1 aromatic rings. The third-order valence-corrected chi connectivity index (χ3v) is 5.29. The standard InChI is InChI=1S/C12H16FNO3S/c1-9-6-11(13)2-3-12(9)18(16,17)14-5-4-10(7-14)8-15/h2-3,6,10,15H,4-5,7-8H2,1H3. The van der Waals surface area contributed by atoms with E-state index in [1.54, 1.807) is 6.92 Å². The summed E-state index contributed by atoms with van der Waals surface area (Å²) >= 11 is 0. The van der Waals surface area contributed by atoms with Crippen molar-refractivity contribution < 1.29 is 17.9 Å². The molecule has 0 saturated carbocycles. The highest BCUT2D eigenvalue weighted by molar-refractivity contribution is 7.89. The molecule has 1 atom stereocenters. The number of benzene rings is 1. The van der Waals surface area contributed by atoms with Crippen LogP contribution in [-0.4, -0.2) is 37.5 Å². The van der Waals surface area contributed by atoms with E-state index in [0.29, 0.717) is 25.1 Å². The second-order valence-corrected chi connectivity index (χ2v) is 6.52. The summed E-state index contributed by atoms with van der Waals surface area (Å²) in [4.78, 5) is 0.141. The Morgan fingerprint density at radius 1 is 1.50 bits per heavy atom. The molecule has 100 valence electrons. The molecule has 1 heterocycles. The number of hydrogen-bond acceptors (Lipinski definition) is 3. The molecule has 0 spiro atoms. The highest BCUT2D eigenvalue weighted by Crippen LogP contribution is 2.26. The van der Waals surface area contributed by atoms with Gasteiger partial charge in [-0.1, -0.05) is 0 Å². The molecule has 0 aliphatic carbocycles. The van der Waals surface area contributed by atoms with Gasteiger partial charge in [0.2, 0.25) is 10.0 Å². The summed E-state index contributed by atoms with van der Waals surface area (Å²) in [6.45, 7) is 2.31. The molecule has 1 fully saturated rings. The van der Waals surface area contributed by atoms with Crippen molar-refractivity contribution in [2.75, 3.05) is 19.7 Å². The number of hydrogen-bond donors (Lipinski definition) is 1. The van der Waals surface area contributed by atoms with Crippen molar-refractivity contribution in [3.8, 4) is 0 Å². The monoisotopic (exact) mass is 273 g/mol. The Hall–Kier alpha value is -0.980. The Morgan fingerprint density at radius 2 is 2.22 bits per heavy atom. The second-order valence-electron chi connectivity index (χ2n) is 4.61. The van der Waals surface area contributed by atoms with Crippen molar-refractivity contribution in [2.45, 2.75) is 18.2 Å². The lowest BCUT2D eigenvalue weighted by Crippen LogP contribution is -2.29. The predicted octanol–water partition coefficient (Wildman–Crippen LogP) is 1.14. The van der Waals surface area contributed by atoms with Gasteiger partial charge in [0.05, 0.1) is 4.90 Å². The third kappa shape index (κ3) is 2.41. The molecule has 1 N–H and O–H groups in total. The molecule has 0 amide bonds. The maximum atomic E-state index is 13.0. The van der Waals surface area contributed by atoms with E-state index in [9.17, 15) is 12.8 Å². The molecule has 0 bridgehead atoms. The molecule has 1 unspecified atom stereocenters. The molecule has 1 aliphatic heterocycles. The largest absolute Gasteiger partial charge is 0.396 e. The first-order chi connectivity index (χ1) is 8.45. The van der Waals surface area contributed by atoms with Gasteiger partial charge in [-0.3, -0.25) is 0 Å². The third-order valence-electron chi connectivity index (χ3n) is 3.26. The van der Waals surface area contributed by atoms with Crippen LogP contribution in [0, 0.1) is 18.7 Å². The minimum absolute atomic E-state index is 0.000490. The second kappa shape index (κ2) is 4.95. The SMILES string of the molecule is Cc1cc(F)ccc1S(=O)(=O)N1CCC(CO)C1. The van der Waals surface area contributed by atoms with E-state index in [1.165, 1.54) is 16.4 Å². The molecule has 1 aliphatic rings. The van der Waals surface area contributed by atoms with E-state index in [4.69, 9.17) is 5.11 Å². The fourth-order valence-corrected chi connectivity index (χ4v) is 3.94. The Morgan fingerprint density at radius 3 is 2.78 bits per heavy atom. The fourth-order valence-electron chi connectivity index (χ4n) is 2.21. The molecule has 2 rings (SSSR count). The zero-order chi connectivity index (χ0) is 13.3. The smallest absolute Gasteiger partial charge is 0.243 e. The molecule has 4 nitrogen and oxygen atoms in total. The van der Waals surface area contributed by atoms with Gasteiger partial charge in [0.25, 0.3) is 0 Å². The maximum absolute atomic E-state index is 13.0. The van der Waals surface area contributed by atoms with Crippen LogP contribution in [0.3, 0.4) is 0 Å². The summed E-state index contributed by atoms with van der Waals surface area (Å²) < 4.78 is 39.0. The van der Waals surface area contributed by atoms with Gasteiger partial charge in [-0.15, -0.1) is 0 Å². The normalized spacial score (nSPS) is 21.4. The average molecular weight is 273 g/mol. The van der Waals surface area contributed by atoms with Crippen LogP contribution in [0.1, 0.15) is 12.0 Å². The van der Waals surface area contributed by atoms with E-state index in [0.717, 1.165) is 6.07 Å². The minimum atomic E-state index is -3.57. The van der Waals surface area contributed by atoms with Crippen LogP contribution in [-0.2, 0) is 10.0 Å². The lowest BCUT2D eigenvalue weighted by atomic mass is 10.1. The summed E-state index contributed by atoms with van der Waals surface area (Å²) in [6, 6.07) is 3.66. The number of rotatable bonds is 3. The summed E-state index contributed by atoms with van der Waals surface area (Å²) in [5, 5.41) is 9.04. The molecule has 18 heavy (non-hydrogen) atoms. The topological polar surface area (TPSA) is 57.6 Å². The number of halogens is 1. The zero-order valence-electron chi connectivity index (χ0n) is 10.1. The van der Waals surface area contributed by atoms with E-state index in [2.05, 4.69) is 0 Å². The van der Waals surface area contributed by atoms with Crippen LogP contribution in [0.2, 0.25) is 0 Å². The van der Waals surface area contributed by atoms with Crippen molar-refractivity contribution in [1.29, 1.82) is 0 Å². The predicted molar refractivity (Wildman–Crippen MR) is 65.1 cm³/mol. The van der Waals surface area contributed by atoms with Crippen molar-refractivity contribution in [1.82, 2.24) is 4.31 Å². The first kappa shape index (κ1) is 13.5. The molecule has 0 radical (unpaired) electrons. The van der Waals surface area contributed by atoms with Gasteiger partial charge in [-0.25, -0.2) is 12.8 Å². The van der Waals surface area contributed by atoms with Gasteiger partial charge >= 0.3 is 0 Å². The van der Waals surface area contributed by atoms with Gasteiger partial charge in [0.15, 0.2) is 0 Å². The van der Waals surface area contributed by atoms with Crippen LogP contribution < -0.4 is 0 Å². The summed E-state index contributed by atoms with van der Waals surface area (Å²) in [6.07, 6.45) is 0.663. The molecular formula is C12H16FNO3S. The maximum Gasteiger partial charge on any atom is 0.243 e. The highest BCUT2D eigenvalue weighted by atomic mass is 32.2. The molecular weight excluding hydrogens is 257 g/mol. The fraction of sp³-hybridized carbons (Fsp3) is 0.500. The molecule has 0 aromatic heterocycles. The summed E-state index contributed by atoms with van der Waals surface area (Å²) in [5.41, 5.74) is 0.405. The van der Waals surface area contributed by atoms with Crippen molar-refractivity contribution in [2.24, 2.45) is 5.92 Å². The average Bonchev–Trinajstić information content (AvgIpc) is 2.77. The number of sulfonamides is 1. The van der Waals surface area contributed by atoms with Gasteiger partial charge < -0.3 is 5.11 Å². The zero-order valence-corrected chi connectivity index (χ0v) is 11.0. The van der Waals surface area contributed by atoms with Crippen molar-refractivity contribution in [3.63, 3.8) is 0 Å². The summed E-state index contributed by atoms with van der Waals surface area (Å²) in [5.74, 6) is -0.443. The Bertz CT molecular complexity index is 544. The Kier molecular flexibility index (Phi) is 3.70. The van der Waals surface area contributed by atoms with Gasteiger partial charge in [0.1, 0.15) is 5.82 Å². The molecule has 1 aromatic carbocycles. The van der Waals surface area contributed by atoms with Crippen LogP contribution in [0.25, 0.3) is 0 Å². The van der Waals surface area contributed by atoms with E-state index >= 15 is 0 Å². The van der Waals surface area contributed by atoms with Crippen LogP contribution in [0.5, 0.6) is 0 Å². The van der Waals surface area contributed by atoms with E-state index < -0.39 is 15.8 Å². The quantitative estimate of drug-likeness (QED) is 0.898. The summed E-state index contributed by atoms with van der Waals surface area (Å²) in [7, 11) is -3.57. The van der Waals surface area contributed by atoms with Gasteiger partial charge in [-0.2, -0.15) is 4.31 Å². The van der Waals surface area contributed by atoms with Crippen LogP contribution in [0.4, 0.5) is 4.39 Å². The van der Waals surface area contributed by atoms with Crippen molar-refractivity contribution in [3.05, 3.63) is 29.6 Å². The van der Waals surface area contributed by atoms with Crippen molar-refractivity contribution >= 4 is 10.0 Å². The number of aliphatic hydroxyl groups excluding tert-OH is 1. The van der Waals surface area contributed by atoms with Crippen LogP contribution in [0.15, 0.2) is 23.1 Å². The first-order valence-corrected chi connectivity index (χ1v) is 7.26. The number of nitrogens with zero attached hydrogens (tertiary/aromatic N) is 1. The lowest BCUT2D eigenvalue weighted by Gasteiger charge is -2.17. The lowest BCUT2D eigenvalue weighted by molar-refractivity contribution is 0.233. The highest BCUT2D eigenvalue weighted by Gasteiger charge is 2.32. The number of aliphatic hydroxyl groups is 1. The van der Waals surface area contributed by atoms with Gasteiger partial charge in [0, 0.05) is 19.7 Å². The van der Waals surface area contributed by atoms with E-state index in [-0.39, 0.29) is 17.4 Å². The van der Waals surface area contributed by atoms with Crippen LogP contribution >= 0.6 is 0 Å². The minimum Gasteiger partial charge on any atom is -0.396 e. The first-order valence-electron chi connectivity index (χ1n) is 5.82. The Balaban J connectivity index is 2.31. The number of aryl methyl sites for hydroxylation is 1. The van der Waals surface area contributed by atoms with Gasteiger partial charge in [-0.05, 0) is 43.0 Å². The van der Waals surface area contributed by atoms with E-state index in [1.807, 2.05) is 0 Å². The molecule has 6 heteroatoms. The Labute approximate surface area is 106 Å².